The van der Waals surface area contributed by atoms with E-state index in [1.165, 1.54) is 11.1 Å². The third-order valence-corrected chi connectivity index (χ3v) is 3.41. The first-order chi connectivity index (χ1) is 9.90. The number of amidine groups is 1. The Bertz CT molecular complexity index is 573. The van der Waals surface area contributed by atoms with Crippen molar-refractivity contribution in [3.63, 3.8) is 0 Å². The molecule has 0 aliphatic carbocycles. The molecule has 20 heavy (non-hydrogen) atoms. The van der Waals surface area contributed by atoms with Gasteiger partial charge in [-0.2, -0.15) is 0 Å². The molecule has 102 valence electrons. The first-order valence-corrected chi connectivity index (χ1v) is 7.04. The van der Waals surface area contributed by atoms with E-state index in [-0.39, 0.29) is 0 Å². The molecule has 0 fully saturated rings. The average Bonchev–Trinajstić information content (AvgIpc) is 3.01. The van der Waals surface area contributed by atoms with E-state index in [9.17, 15) is 0 Å². The second-order valence-corrected chi connectivity index (χ2v) is 4.97. The smallest absolute Gasteiger partial charge is 0.101 e. The molecule has 2 N–H and O–H groups in total. The summed E-state index contributed by atoms with van der Waals surface area (Å²) in [5.41, 5.74) is 3.74. The lowest BCUT2D eigenvalue weighted by Gasteiger charge is -2.08. The lowest BCUT2D eigenvalue weighted by atomic mass is 10.1. The summed E-state index contributed by atoms with van der Waals surface area (Å²) in [6.45, 7) is 2.74. The maximum Gasteiger partial charge on any atom is 0.101 e. The molecule has 0 bridgehead atoms. The summed E-state index contributed by atoms with van der Waals surface area (Å²) in [6.07, 6.45) is 0.902. The molecule has 1 aliphatic rings. The van der Waals surface area contributed by atoms with Crippen LogP contribution in [0.1, 0.15) is 11.1 Å². The maximum absolute atomic E-state index is 4.42. The molecule has 3 heteroatoms. The van der Waals surface area contributed by atoms with E-state index in [1.54, 1.807) is 0 Å². The number of aliphatic imine (C=N–C) groups is 1. The Labute approximate surface area is 119 Å². The van der Waals surface area contributed by atoms with E-state index in [4.69, 9.17) is 0 Å². The summed E-state index contributed by atoms with van der Waals surface area (Å²) in [5, 5.41) is 6.74. The van der Waals surface area contributed by atoms with Crippen molar-refractivity contribution >= 4 is 11.5 Å². The van der Waals surface area contributed by atoms with Crippen molar-refractivity contribution in [1.29, 1.82) is 0 Å². The highest BCUT2D eigenvalue weighted by atomic mass is 15.1. The van der Waals surface area contributed by atoms with Crippen LogP contribution in [0.4, 0.5) is 5.69 Å². The Balaban J connectivity index is 1.56. The van der Waals surface area contributed by atoms with Gasteiger partial charge in [-0.1, -0.05) is 42.5 Å². The Kier molecular flexibility index (Phi) is 3.97. The fourth-order valence-corrected chi connectivity index (χ4v) is 2.30. The highest BCUT2D eigenvalue weighted by Gasteiger charge is 2.05. The van der Waals surface area contributed by atoms with Crippen molar-refractivity contribution < 1.29 is 0 Å². The van der Waals surface area contributed by atoms with Gasteiger partial charge in [-0.3, -0.25) is 4.99 Å². The number of hydrogen-bond acceptors (Lipinski definition) is 3. The number of benzene rings is 2. The van der Waals surface area contributed by atoms with Gasteiger partial charge < -0.3 is 10.6 Å². The van der Waals surface area contributed by atoms with Crippen LogP contribution in [0.2, 0.25) is 0 Å². The topological polar surface area (TPSA) is 36.4 Å². The predicted octanol–water partition coefficient (Wildman–Crippen LogP) is 2.84. The summed E-state index contributed by atoms with van der Waals surface area (Å²) in [4.78, 5) is 4.42. The summed E-state index contributed by atoms with van der Waals surface area (Å²) in [7, 11) is 0. The van der Waals surface area contributed by atoms with E-state index in [0.717, 1.165) is 37.6 Å². The standard InChI is InChI=1S/C17H19N3/c1-2-4-15(5-3-1)13-20-16-8-6-14(7-9-16)12-17-18-10-11-19-17/h1-9,20H,10-13H2,(H,18,19). The van der Waals surface area contributed by atoms with E-state index in [2.05, 4.69) is 64.2 Å². The van der Waals surface area contributed by atoms with Crippen molar-refractivity contribution in [3.8, 4) is 0 Å². The van der Waals surface area contributed by atoms with Crippen LogP contribution in [0.3, 0.4) is 0 Å². The van der Waals surface area contributed by atoms with Crippen LogP contribution in [-0.4, -0.2) is 18.9 Å². The number of nitrogens with zero attached hydrogens (tertiary/aromatic N) is 1. The van der Waals surface area contributed by atoms with Gasteiger partial charge in [0.1, 0.15) is 5.84 Å². The molecule has 0 saturated carbocycles. The second kappa shape index (κ2) is 6.24. The van der Waals surface area contributed by atoms with Crippen molar-refractivity contribution in [2.45, 2.75) is 13.0 Å². The molecule has 1 heterocycles. The minimum absolute atomic E-state index is 0.856. The van der Waals surface area contributed by atoms with Crippen molar-refractivity contribution in [1.82, 2.24) is 5.32 Å². The van der Waals surface area contributed by atoms with Crippen LogP contribution in [-0.2, 0) is 13.0 Å². The van der Waals surface area contributed by atoms with Crippen LogP contribution in [0.15, 0.2) is 59.6 Å². The molecule has 0 radical (unpaired) electrons. The predicted molar refractivity (Wildman–Crippen MR) is 84.2 cm³/mol. The Morgan fingerprint density at radius 2 is 1.75 bits per heavy atom. The molecule has 3 rings (SSSR count). The van der Waals surface area contributed by atoms with E-state index in [0.29, 0.717) is 0 Å². The van der Waals surface area contributed by atoms with Gasteiger partial charge in [-0.25, -0.2) is 0 Å². The van der Waals surface area contributed by atoms with Gasteiger partial charge in [0.2, 0.25) is 0 Å². The van der Waals surface area contributed by atoms with E-state index >= 15 is 0 Å². The van der Waals surface area contributed by atoms with Crippen molar-refractivity contribution in [2.24, 2.45) is 4.99 Å². The molecule has 0 unspecified atom stereocenters. The molecule has 1 aliphatic heterocycles. The van der Waals surface area contributed by atoms with Crippen LogP contribution in [0.25, 0.3) is 0 Å². The first kappa shape index (κ1) is 12.7. The summed E-state index contributed by atoms with van der Waals surface area (Å²) in [6, 6.07) is 19.0. The largest absolute Gasteiger partial charge is 0.381 e. The summed E-state index contributed by atoms with van der Waals surface area (Å²) in [5.74, 6) is 1.11. The van der Waals surface area contributed by atoms with Gasteiger partial charge in [-0.15, -0.1) is 0 Å². The molecular formula is C17H19N3. The van der Waals surface area contributed by atoms with Gasteiger partial charge in [0.15, 0.2) is 0 Å². The molecule has 0 aromatic heterocycles. The zero-order valence-corrected chi connectivity index (χ0v) is 11.5. The minimum atomic E-state index is 0.856. The number of anilines is 1. The normalized spacial score (nSPS) is 13.7. The Morgan fingerprint density at radius 3 is 2.45 bits per heavy atom. The van der Waals surface area contributed by atoms with Crippen LogP contribution >= 0.6 is 0 Å². The van der Waals surface area contributed by atoms with Gasteiger partial charge in [0.25, 0.3) is 0 Å². The lowest BCUT2D eigenvalue weighted by Crippen LogP contribution is -2.20. The van der Waals surface area contributed by atoms with E-state index < -0.39 is 0 Å². The molecule has 2 aromatic carbocycles. The van der Waals surface area contributed by atoms with Gasteiger partial charge in [0.05, 0.1) is 6.54 Å². The molecule has 0 amide bonds. The molecule has 0 atom stereocenters. The minimum Gasteiger partial charge on any atom is -0.381 e. The van der Waals surface area contributed by atoms with Crippen molar-refractivity contribution in [3.05, 3.63) is 65.7 Å². The zero-order valence-electron chi connectivity index (χ0n) is 11.5. The highest BCUT2D eigenvalue weighted by Crippen LogP contribution is 2.12. The molecular weight excluding hydrogens is 246 g/mol. The molecule has 0 saturated heterocycles. The van der Waals surface area contributed by atoms with Gasteiger partial charge >= 0.3 is 0 Å². The van der Waals surface area contributed by atoms with Crippen LogP contribution < -0.4 is 10.6 Å². The zero-order chi connectivity index (χ0) is 13.6. The Hall–Kier alpha value is -2.29. The summed E-state index contributed by atoms with van der Waals surface area (Å²) >= 11 is 0. The molecule has 2 aromatic rings. The number of hydrogen-bond donors (Lipinski definition) is 2. The monoisotopic (exact) mass is 265 g/mol. The van der Waals surface area contributed by atoms with Crippen LogP contribution in [0.5, 0.6) is 0 Å². The molecule has 3 nitrogen and oxygen atoms in total. The fraction of sp³-hybridized carbons (Fsp3) is 0.235. The van der Waals surface area contributed by atoms with E-state index in [1.807, 2.05) is 6.07 Å². The van der Waals surface area contributed by atoms with Gasteiger partial charge in [0, 0.05) is 25.2 Å². The third kappa shape index (κ3) is 3.38. The van der Waals surface area contributed by atoms with Crippen molar-refractivity contribution in [2.75, 3.05) is 18.4 Å². The molecule has 0 spiro atoms. The summed E-state index contributed by atoms with van der Waals surface area (Å²) < 4.78 is 0. The number of rotatable bonds is 5. The first-order valence-electron chi connectivity index (χ1n) is 7.04. The lowest BCUT2D eigenvalue weighted by molar-refractivity contribution is 0.953. The van der Waals surface area contributed by atoms with Crippen LogP contribution in [0, 0.1) is 0 Å². The average molecular weight is 265 g/mol. The number of nitrogens with one attached hydrogen (secondary N) is 2. The fourth-order valence-electron chi connectivity index (χ4n) is 2.30. The maximum atomic E-state index is 4.42. The quantitative estimate of drug-likeness (QED) is 0.872. The van der Waals surface area contributed by atoms with Gasteiger partial charge in [-0.05, 0) is 23.3 Å². The third-order valence-electron chi connectivity index (χ3n) is 3.41. The highest BCUT2D eigenvalue weighted by molar-refractivity contribution is 5.85. The second-order valence-electron chi connectivity index (χ2n) is 4.97. The Morgan fingerprint density at radius 1 is 0.950 bits per heavy atom. The SMILES string of the molecule is c1ccc(CNc2ccc(CC3=NCCN3)cc2)cc1.